The number of aryl methyl sites for hydroxylation is 1. The summed E-state index contributed by atoms with van der Waals surface area (Å²) >= 11 is 0. The molecule has 5 aromatic rings. The first-order chi connectivity index (χ1) is 18.0. The Kier molecular flexibility index (Phi) is 6.76. The molecule has 0 aliphatic heterocycles. The SMILES string of the molecule is Cc1ccc(N(C(=O)Cn2nnc3ccccc32)C(C(=O)NCc2ccco2)c2ccccc2F)cc1. The van der Waals surface area contributed by atoms with Gasteiger partial charge in [-0.2, -0.15) is 0 Å². The molecule has 0 saturated carbocycles. The van der Waals surface area contributed by atoms with E-state index < -0.39 is 23.7 Å². The van der Waals surface area contributed by atoms with Gasteiger partial charge in [0.05, 0.1) is 18.3 Å². The maximum atomic E-state index is 15.1. The first kappa shape index (κ1) is 23.9. The molecule has 3 aromatic carbocycles. The van der Waals surface area contributed by atoms with Crippen LogP contribution in [-0.2, 0) is 22.7 Å². The topological polar surface area (TPSA) is 93.3 Å². The lowest BCUT2D eigenvalue weighted by molar-refractivity contribution is -0.127. The summed E-state index contributed by atoms with van der Waals surface area (Å²) in [6, 6.07) is 22.5. The fourth-order valence-electron chi connectivity index (χ4n) is 4.16. The van der Waals surface area contributed by atoms with Crippen molar-refractivity contribution in [1.82, 2.24) is 20.3 Å². The average Bonchev–Trinajstić information content (AvgIpc) is 3.58. The summed E-state index contributed by atoms with van der Waals surface area (Å²) in [6.07, 6.45) is 1.50. The molecule has 1 unspecified atom stereocenters. The van der Waals surface area contributed by atoms with E-state index in [0.717, 1.165) is 5.56 Å². The number of benzene rings is 3. The molecule has 2 heterocycles. The summed E-state index contributed by atoms with van der Waals surface area (Å²) in [4.78, 5) is 28.9. The lowest BCUT2D eigenvalue weighted by Gasteiger charge is -2.31. The number of anilines is 1. The fourth-order valence-corrected chi connectivity index (χ4v) is 4.16. The summed E-state index contributed by atoms with van der Waals surface area (Å²) < 4.78 is 21.9. The normalized spacial score (nSPS) is 11.8. The molecule has 9 heteroatoms. The van der Waals surface area contributed by atoms with Crippen LogP contribution in [0.4, 0.5) is 10.1 Å². The van der Waals surface area contributed by atoms with Crippen LogP contribution in [0.2, 0.25) is 0 Å². The summed E-state index contributed by atoms with van der Waals surface area (Å²) in [5.74, 6) is -1.08. The van der Waals surface area contributed by atoms with Crippen LogP contribution in [0.1, 0.15) is 22.9 Å². The molecule has 0 aliphatic carbocycles. The summed E-state index contributed by atoms with van der Waals surface area (Å²) in [5.41, 5.74) is 2.80. The minimum Gasteiger partial charge on any atom is -0.467 e. The molecule has 0 aliphatic rings. The first-order valence-electron chi connectivity index (χ1n) is 11.7. The number of hydrogen-bond acceptors (Lipinski definition) is 5. The van der Waals surface area contributed by atoms with E-state index in [2.05, 4.69) is 15.6 Å². The van der Waals surface area contributed by atoms with Gasteiger partial charge in [0.1, 0.15) is 29.7 Å². The van der Waals surface area contributed by atoms with Crippen LogP contribution in [0.15, 0.2) is 95.6 Å². The van der Waals surface area contributed by atoms with E-state index in [1.807, 2.05) is 37.3 Å². The molecule has 5 rings (SSSR count). The highest BCUT2D eigenvalue weighted by Gasteiger charge is 2.35. The molecule has 8 nitrogen and oxygen atoms in total. The zero-order valence-corrected chi connectivity index (χ0v) is 20.0. The van der Waals surface area contributed by atoms with Gasteiger partial charge in [-0.05, 0) is 49.4 Å². The quantitative estimate of drug-likeness (QED) is 0.339. The number of aromatic nitrogens is 3. The third-order valence-electron chi connectivity index (χ3n) is 6.01. The number of nitrogens with one attached hydrogen (secondary N) is 1. The predicted molar refractivity (Wildman–Crippen MR) is 136 cm³/mol. The van der Waals surface area contributed by atoms with Crippen molar-refractivity contribution in [2.24, 2.45) is 0 Å². The van der Waals surface area contributed by atoms with Crippen molar-refractivity contribution in [3.63, 3.8) is 0 Å². The van der Waals surface area contributed by atoms with Crippen molar-refractivity contribution in [3.8, 4) is 0 Å². The minimum atomic E-state index is -1.29. The number of halogens is 1. The second kappa shape index (κ2) is 10.4. The zero-order chi connectivity index (χ0) is 25.8. The second-order valence-corrected chi connectivity index (χ2v) is 8.56. The number of nitrogens with zero attached hydrogens (tertiary/aromatic N) is 4. The number of para-hydroxylation sites is 1. The number of amides is 2. The molecule has 2 aromatic heterocycles. The van der Waals surface area contributed by atoms with Gasteiger partial charge in [0.25, 0.3) is 0 Å². The Bertz CT molecular complexity index is 1530. The Morgan fingerprint density at radius 1 is 1.00 bits per heavy atom. The van der Waals surface area contributed by atoms with Crippen LogP contribution in [0, 0.1) is 12.7 Å². The van der Waals surface area contributed by atoms with Crippen molar-refractivity contribution in [2.45, 2.75) is 26.1 Å². The Balaban J connectivity index is 1.57. The van der Waals surface area contributed by atoms with Crippen LogP contribution in [0.25, 0.3) is 11.0 Å². The van der Waals surface area contributed by atoms with Crippen LogP contribution in [-0.4, -0.2) is 26.8 Å². The van der Waals surface area contributed by atoms with Crippen molar-refractivity contribution in [2.75, 3.05) is 4.90 Å². The number of furan rings is 1. The van der Waals surface area contributed by atoms with Gasteiger partial charge in [-0.1, -0.05) is 53.2 Å². The average molecular weight is 498 g/mol. The minimum absolute atomic E-state index is 0.0665. The van der Waals surface area contributed by atoms with E-state index in [1.165, 1.54) is 34.0 Å². The van der Waals surface area contributed by atoms with E-state index >= 15 is 4.39 Å². The molecule has 37 heavy (non-hydrogen) atoms. The Morgan fingerprint density at radius 2 is 1.76 bits per heavy atom. The van der Waals surface area contributed by atoms with Gasteiger partial charge in [-0.15, -0.1) is 5.10 Å². The van der Waals surface area contributed by atoms with Gasteiger partial charge < -0.3 is 9.73 Å². The van der Waals surface area contributed by atoms with Crippen LogP contribution in [0.5, 0.6) is 0 Å². The number of carbonyl (C=O) groups excluding carboxylic acids is 2. The van der Waals surface area contributed by atoms with Crippen LogP contribution in [0.3, 0.4) is 0 Å². The Hall–Kier alpha value is -4.79. The summed E-state index contributed by atoms with van der Waals surface area (Å²) in [7, 11) is 0. The van der Waals surface area contributed by atoms with Gasteiger partial charge in [0, 0.05) is 11.3 Å². The first-order valence-corrected chi connectivity index (χ1v) is 11.7. The van der Waals surface area contributed by atoms with Crippen LogP contribution >= 0.6 is 0 Å². The maximum Gasteiger partial charge on any atom is 0.249 e. The third kappa shape index (κ3) is 5.11. The Morgan fingerprint density at radius 3 is 2.51 bits per heavy atom. The van der Waals surface area contributed by atoms with Crippen molar-refractivity contribution in [3.05, 3.63) is 114 Å². The summed E-state index contributed by atoms with van der Waals surface area (Å²) in [5, 5.41) is 11.0. The zero-order valence-electron chi connectivity index (χ0n) is 20.0. The second-order valence-electron chi connectivity index (χ2n) is 8.56. The van der Waals surface area contributed by atoms with E-state index in [1.54, 1.807) is 36.4 Å². The highest BCUT2D eigenvalue weighted by molar-refractivity contribution is 6.01. The smallest absolute Gasteiger partial charge is 0.249 e. The summed E-state index contributed by atoms with van der Waals surface area (Å²) in [6.45, 7) is 1.80. The van der Waals surface area contributed by atoms with Crippen LogP contribution < -0.4 is 10.2 Å². The highest BCUT2D eigenvalue weighted by atomic mass is 19.1. The molecule has 0 fully saturated rings. The third-order valence-corrected chi connectivity index (χ3v) is 6.01. The molecular weight excluding hydrogens is 473 g/mol. The lowest BCUT2D eigenvalue weighted by Crippen LogP contribution is -2.45. The van der Waals surface area contributed by atoms with E-state index in [4.69, 9.17) is 4.42 Å². The van der Waals surface area contributed by atoms with Crippen molar-refractivity contribution >= 4 is 28.5 Å². The number of carbonyl (C=O) groups is 2. The molecule has 0 spiro atoms. The highest BCUT2D eigenvalue weighted by Crippen LogP contribution is 2.30. The van der Waals surface area contributed by atoms with E-state index in [0.29, 0.717) is 22.5 Å². The van der Waals surface area contributed by atoms with E-state index in [-0.39, 0.29) is 18.7 Å². The predicted octanol–water partition coefficient (Wildman–Crippen LogP) is 4.56. The molecule has 0 saturated heterocycles. The number of hydrogen-bond donors (Lipinski definition) is 1. The molecule has 0 bridgehead atoms. The molecule has 186 valence electrons. The number of rotatable bonds is 8. The molecule has 0 radical (unpaired) electrons. The number of fused-ring (bicyclic) bond motifs is 1. The van der Waals surface area contributed by atoms with E-state index in [9.17, 15) is 9.59 Å². The Labute approximate surface area is 212 Å². The standard InChI is InChI=1S/C28H24FN5O3/c1-19-12-14-20(15-13-19)34(26(35)18-33-25-11-5-4-10-24(25)31-32-33)27(22-8-2-3-9-23(22)29)28(36)30-17-21-7-6-16-37-21/h2-16,27H,17-18H2,1H3,(H,30,36). The molecule has 1 N–H and O–H groups in total. The van der Waals surface area contributed by atoms with Gasteiger partial charge >= 0.3 is 0 Å². The van der Waals surface area contributed by atoms with Gasteiger partial charge in [-0.25, -0.2) is 9.07 Å². The fraction of sp³-hybridized carbons (Fsp3) is 0.143. The van der Waals surface area contributed by atoms with Gasteiger partial charge in [-0.3, -0.25) is 14.5 Å². The lowest BCUT2D eigenvalue weighted by atomic mass is 10.0. The van der Waals surface area contributed by atoms with Crippen molar-refractivity contribution in [1.29, 1.82) is 0 Å². The molecular formula is C28H24FN5O3. The van der Waals surface area contributed by atoms with Gasteiger partial charge in [0.2, 0.25) is 11.8 Å². The molecule has 2 amide bonds. The van der Waals surface area contributed by atoms with Gasteiger partial charge in [0.15, 0.2) is 0 Å². The van der Waals surface area contributed by atoms with Crippen molar-refractivity contribution < 1.29 is 18.4 Å². The molecule has 1 atom stereocenters. The maximum absolute atomic E-state index is 15.1. The monoisotopic (exact) mass is 497 g/mol. The largest absolute Gasteiger partial charge is 0.467 e.